The van der Waals surface area contributed by atoms with Crippen LogP contribution < -0.4 is 5.32 Å². The Morgan fingerprint density at radius 1 is 1.61 bits per heavy atom. The summed E-state index contributed by atoms with van der Waals surface area (Å²) in [5.74, 6) is -1.06. The van der Waals surface area contributed by atoms with E-state index in [4.69, 9.17) is 9.84 Å². The average Bonchev–Trinajstić information content (AvgIpc) is 2.31. The minimum absolute atomic E-state index is 0.0327. The molecule has 0 spiro atoms. The molecule has 1 saturated heterocycles. The predicted molar refractivity (Wildman–Crippen MR) is 66.4 cm³/mol. The van der Waals surface area contributed by atoms with Crippen LogP contribution in [0.1, 0.15) is 20.3 Å². The summed E-state index contributed by atoms with van der Waals surface area (Å²) in [4.78, 5) is 24.6. The molecule has 3 unspecified atom stereocenters. The summed E-state index contributed by atoms with van der Waals surface area (Å²) < 4.78 is 5.42. The Morgan fingerprint density at radius 2 is 2.28 bits per heavy atom. The molecule has 0 aliphatic carbocycles. The third-order valence-corrected chi connectivity index (χ3v) is 2.87. The largest absolute Gasteiger partial charge is 0.480 e. The maximum Gasteiger partial charge on any atom is 0.326 e. The Bertz CT molecular complexity index is 332. The molecule has 0 aromatic rings. The van der Waals surface area contributed by atoms with Gasteiger partial charge in [0.15, 0.2) is 0 Å². The topological polar surface area (TPSA) is 78.9 Å². The van der Waals surface area contributed by atoms with Gasteiger partial charge in [0.25, 0.3) is 0 Å². The second kappa shape index (κ2) is 6.39. The Morgan fingerprint density at radius 3 is 2.83 bits per heavy atom. The molecular weight excluding hydrogens is 236 g/mol. The Kier molecular flexibility index (Phi) is 5.15. The number of hydrogen-bond acceptors (Lipinski definition) is 3. The van der Waals surface area contributed by atoms with Crippen molar-refractivity contribution in [3.8, 4) is 0 Å². The summed E-state index contributed by atoms with van der Waals surface area (Å²) in [6.07, 6.45) is 1.65. The Balaban J connectivity index is 2.62. The van der Waals surface area contributed by atoms with Crippen LogP contribution >= 0.6 is 0 Å². The lowest BCUT2D eigenvalue weighted by Gasteiger charge is -2.37. The van der Waals surface area contributed by atoms with Gasteiger partial charge in [-0.15, -0.1) is 6.58 Å². The van der Waals surface area contributed by atoms with Crippen molar-refractivity contribution in [2.24, 2.45) is 0 Å². The lowest BCUT2D eigenvalue weighted by Crippen LogP contribution is -2.56. The van der Waals surface area contributed by atoms with Crippen LogP contribution in [0.4, 0.5) is 4.79 Å². The molecule has 6 heteroatoms. The second-order valence-corrected chi connectivity index (χ2v) is 4.51. The van der Waals surface area contributed by atoms with E-state index in [9.17, 15) is 9.59 Å². The average molecular weight is 256 g/mol. The number of carboxylic acids is 1. The monoisotopic (exact) mass is 256 g/mol. The van der Waals surface area contributed by atoms with Gasteiger partial charge >= 0.3 is 12.0 Å². The van der Waals surface area contributed by atoms with Gasteiger partial charge in [-0.05, 0) is 20.3 Å². The van der Waals surface area contributed by atoms with E-state index in [-0.39, 0.29) is 24.6 Å². The number of rotatable bonds is 4. The summed E-state index contributed by atoms with van der Waals surface area (Å²) >= 11 is 0. The molecule has 18 heavy (non-hydrogen) atoms. The van der Waals surface area contributed by atoms with E-state index < -0.39 is 12.0 Å². The third-order valence-electron chi connectivity index (χ3n) is 2.87. The molecule has 1 rings (SSSR count). The SMILES string of the molecule is C=CCC(NC(=O)N1CC(C)OCC1C)C(=O)O. The molecule has 2 N–H and O–H groups in total. The minimum atomic E-state index is -1.06. The van der Waals surface area contributed by atoms with Crippen LogP contribution in [0.3, 0.4) is 0 Å². The van der Waals surface area contributed by atoms with E-state index in [1.807, 2.05) is 13.8 Å². The standard InChI is InChI=1S/C12H20N2O4/c1-4-5-10(11(15)16)13-12(17)14-6-9(3)18-7-8(14)2/h4,8-10H,1,5-7H2,2-3H3,(H,13,17)(H,15,16). The van der Waals surface area contributed by atoms with Crippen molar-refractivity contribution in [1.29, 1.82) is 0 Å². The number of urea groups is 1. The summed E-state index contributed by atoms with van der Waals surface area (Å²) in [7, 11) is 0. The summed E-state index contributed by atoms with van der Waals surface area (Å²) in [5, 5.41) is 11.5. The highest BCUT2D eigenvalue weighted by Crippen LogP contribution is 2.11. The molecule has 0 aromatic carbocycles. The molecular formula is C12H20N2O4. The first kappa shape index (κ1) is 14.5. The van der Waals surface area contributed by atoms with Gasteiger partial charge in [-0.25, -0.2) is 9.59 Å². The predicted octanol–water partition coefficient (Wildman–Crippen LogP) is 0.834. The van der Waals surface area contributed by atoms with Crippen molar-refractivity contribution in [2.45, 2.75) is 38.5 Å². The van der Waals surface area contributed by atoms with Crippen molar-refractivity contribution in [3.05, 3.63) is 12.7 Å². The van der Waals surface area contributed by atoms with E-state index in [2.05, 4.69) is 11.9 Å². The maximum absolute atomic E-state index is 12.0. The van der Waals surface area contributed by atoms with Crippen LogP contribution in [0.15, 0.2) is 12.7 Å². The minimum Gasteiger partial charge on any atom is -0.480 e. The third kappa shape index (κ3) is 3.73. The van der Waals surface area contributed by atoms with Crippen LogP contribution in [0.5, 0.6) is 0 Å². The smallest absolute Gasteiger partial charge is 0.326 e. The first-order valence-corrected chi connectivity index (χ1v) is 5.98. The molecule has 2 amide bonds. The zero-order valence-corrected chi connectivity index (χ0v) is 10.8. The van der Waals surface area contributed by atoms with E-state index in [1.54, 1.807) is 4.90 Å². The van der Waals surface area contributed by atoms with Crippen molar-refractivity contribution in [2.75, 3.05) is 13.2 Å². The fourth-order valence-corrected chi connectivity index (χ4v) is 1.81. The van der Waals surface area contributed by atoms with Gasteiger partial charge in [0.1, 0.15) is 6.04 Å². The molecule has 6 nitrogen and oxygen atoms in total. The quantitative estimate of drug-likeness (QED) is 0.730. The molecule has 0 aromatic heterocycles. The van der Waals surface area contributed by atoms with Gasteiger partial charge < -0.3 is 20.1 Å². The lowest BCUT2D eigenvalue weighted by atomic mass is 10.2. The normalized spacial score (nSPS) is 25.3. The van der Waals surface area contributed by atoms with Crippen LogP contribution in [-0.4, -0.2) is 53.3 Å². The molecule has 102 valence electrons. The molecule has 1 aliphatic heterocycles. The first-order valence-electron chi connectivity index (χ1n) is 5.98. The number of nitrogens with zero attached hydrogens (tertiary/aromatic N) is 1. The number of carbonyl (C=O) groups is 2. The van der Waals surface area contributed by atoms with E-state index >= 15 is 0 Å². The number of nitrogens with one attached hydrogen (secondary N) is 1. The van der Waals surface area contributed by atoms with Crippen LogP contribution in [-0.2, 0) is 9.53 Å². The zero-order valence-electron chi connectivity index (χ0n) is 10.8. The Labute approximate surface area is 107 Å². The van der Waals surface area contributed by atoms with E-state index in [1.165, 1.54) is 6.08 Å². The van der Waals surface area contributed by atoms with E-state index in [0.29, 0.717) is 13.2 Å². The van der Waals surface area contributed by atoms with Gasteiger partial charge in [-0.1, -0.05) is 6.08 Å². The number of hydrogen-bond donors (Lipinski definition) is 2. The van der Waals surface area contributed by atoms with Gasteiger partial charge in [-0.3, -0.25) is 0 Å². The molecule has 1 fully saturated rings. The molecule has 0 bridgehead atoms. The Hall–Kier alpha value is -1.56. The highest BCUT2D eigenvalue weighted by Gasteiger charge is 2.29. The number of aliphatic carboxylic acids is 1. The molecule has 3 atom stereocenters. The van der Waals surface area contributed by atoms with E-state index in [0.717, 1.165) is 0 Å². The molecule has 0 saturated carbocycles. The number of morpholine rings is 1. The number of carbonyl (C=O) groups excluding carboxylic acids is 1. The first-order chi connectivity index (χ1) is 8.45. The number of amides is 2. The van der Waals surface area contributed by atoms with Crippen LogP contribution in [0.25, 0.3) is 0 Å². The van der Waals surface area contributed by atoms with Crippen LogP contribution in [0.2, 0.25) is 0 Å². The zero-order chi connectivity index (χ0) is 13.7. The molecule has 1 heterocycles. The highest BCUT2D eigenvalue weighted by molar-refractivity contribution is 5.82. The summed E-state index contributed by atoms with van der Waals surface area (Å²) in [5.41, 5.74) is 0. The second-order valence-electron chi connectivity index (χ2n) is 4.51. The van der Waals surface area contributed by atoms with Crippen molar-refractivity contribution >= 4 is 12.0 Å². The summed E-state index contributed by atoms with van der Waals surface area (Å²) in [6, 6.07) is -1.35. The highest BCUT2D eigenvalue weighted by atomic mass is 16.5. The number of carboxylic acid groups (broad SMARTS) is 1. The fourth-order valence-electron chi connectivity index (χ4n) is 1.81. The summed E-state index contributed by atoms with van der Waals surface area (Å²) in [6.45, 7) is 8.16. The van der Waals surface area contributed by atoms with Gasteiger partial charge in [0.2, 0.25) is 0 Å². The maximum atomic E-state index is 12.0. The van der Waals surface area contributed by atoms with Gasteiger partial charge in [-0.2, -0.15) is 0 Å². The molecule has 1 aliphatic rings. The fraction of sp³-hybridized carbons (Fsp3) is 0.667. The number of ether oxygens (including phenoxy) is 1. The van der Waals surface area contributed by atoms with Crippen molar-refractivity contribution in [1.82, 2.24) is 10.2 Å². The van der Waals surface area contributed by atoms with Gasteiger partial charge in [0.05, 0.1) is 18.8 Å². The van der Waals surface area contributed by atoms with Crippen molar-refractivity contribution < 1.29 is 19.4 Å². The lowest BCUT2D eigenvalue weighted by molar-refractivity contribution is -0.139. The van der Waals surface area contributed by atoms with Crippen LogP contribution in [0, 0.1) is 0 Å². The van der Waals surface area contributed by atoms with Gasteiger partial charge in [0, 0.05) is 6.54 Å². The van der Waals surface area contributed by atoms with Crippen molar-refractivity contribution in [3.63, 3.8) is 0 Å². The molecule has 0 radical (unpaired) electrons.